The standard InChI is InChI=1S/C33H34N6O4S/c1-20-18-23(13-14-26(20)43-24-8-5-4-6-9-24)39-25-15-16-34-32-28(25)29(37-33(39)42)30(44-32)31(41)36-22-12-11-21(19-22)35-27(40)10-7-17-38(2)3/h4-10,13-16,18,21-22H,11-12,17,19H2,1-3H3,(H,35,40)(H,36,41)(H,37,42)/b10-7+. The van der Waals surface area contributed by atoms with E-state index in [2.05, 4.69) is 20.9 Å². The molecule has 11 heteroatoms. The molecule has 44 heavy (non-hydrogen) atoms. The van der Waals surface area contributed by atoms with Crippen LogP contribution in [-0.2, 0) is 4.79 Å². The highest BCUT2D eigenvalue weighted by atomic mass is 32.1. The molecule has 0 saturated heterocycles. The van der Waals surface area contributed by atoms with Gasteiger partial charge in [0.25, 0.3) is 5.91 Å². The maximum Gasteiger partial charge on any atom is 0.331 e. The molecule has 0 radical (unpaired) electrons. The lowest BCUT2D eigenvalue weighted by Gasteiger charge is -2.29. The van der Waals surface area contributed by atoms with Crippen molar-refractivity contribution in [3.8, 4) is 11.5 Å². The zero-order chi connectivity index (χ0) is 30.8. The number of thiophene rings is 1. The Balaban J connectivity index is 1.18. The van der Waals surface area contributed by atoms with Crippen LogP contribution in [-0.4, -0.2) is 60.5 Å². The quantitative estimate of drug-likeness (QED) is 0.201. The molecule has 1 aliphatic carbocycles. The predicted molar refractivity (Wildman–Crippen MR) is 173 cm³/mol. The fraction of sp³-hybridized carbons (Fsp3) is 0.273. The molecule has 1 saturated carbocycles. The number of nitrogens with zero attached hydrogens (tertiary/aromatic N) is 3. The monoisotopic (exact) mass is 610 g/mol. The largest absolute Gasteiger partial charge is 0.457 e. The molecule has 2 aromatic heterocycles. The van der Waals surface area contributed by atoms with E-state index in [1.807, 2.05) is 80.5 Å². The van der Waals surface area contributed by atoms with E-state index in [0.717, 1.165) is 29.5 Å². The van der Waals surface area contributed by atoms with E-state index in [-0.39, 0.29) is 29.9 Å². The van der Waals surface area contributed by atoms with E-state index in [0.29, 0.717) is 45.5 Å². The van der Waals surface area contributed by atoms with Gasteiger partial charge in [0.15, 0.2) is 0 Å². The second kappa shape index (κ2) is 12.5. The normalized spacial score (nSPS) is 17.7. The number of hydrogen-bond acceptors (Lipinski definition) is 7. The SMILES string of the molecule is Cc1cc(N2C(=O)Nc3c(C(=O)NC4CCC(NC(=O)/C=C/CN(C)C)C4)sc4nccc2c34)ccc1Oc1ccccc1. The van der Waals surface area contributed by atoms with Crippen LogP contribution in [0.4, 0.5) is 21.9 Å². The van der Waals surface area contributed by atoms with Crippen molar-refractivity contribution in [2.24, 2.45) is 0 Å². The lowest BCUT2D eigenvalue weighted by atomic mass is 10.1. The summed E-state index contributed by atoms with van der Waals surface area (Å²) >= 11 is 1.26. The van der Waals surface area contributed by atoms with E-state index in [9.17, 15) is 14.4 Å². The number of benzene rings is 2. The minimum absolute atomic E-state index is 0.00737. The fourth-order valence-corrected chi connectivity index (χ4v) is 6.64. The highest BCUT2D eigenvalue weighted by molar-refractivity contribution is 7.21. The molecule has 3 heterocycles. The van der Waals surface area contributed by atoms with Crippen LogP contribution in [0.2, 0.25) is 0 Å². The highest BCUT2D eigenvalue weighted by Gasteiger charge is 2.34. The summed E-state index contributed by atoms with van der Waals surface area (Å²) in [4.78, 5) is 48.5. The molecule has 0 bridgehead atoms. The number of nitrogens with one attached hydrogen (secondary N) is 3. The van der Waals surface area contributed by atoms with Crippen LogP contribution < -0.4 is 25.6 Å². The number of ether oxygens (including phenoxy) is 1. The summed E-state index contributed by atoms with van der Waals surface area (Å²) in [5, 5.41) is 9.83. The van der Waals surface area contributed by atoms with Crippen molar-refractivity contribution < 1.29 is 19.1 Å². The van der Waals surface area contributed by atoms with Gasteiger partial charge in [-0.25, -0.2) is 9.78 Å². The number of likely N-dealkylation sites (N-methyl/N-ethyl adjacent to an activating group) is 1. The van der Waals surface area contributed by atoms with Crippen LogP contribution in [0.25, 0.3) is 10.2 Å². The van der Waals surface area contributed by atoms with Gasteiger partial charge in [0.1, 0.15) is 21.2 Å². The summed E-state index contributed by atoms with van der Waals surface area (Å²) in [6.45, 7) is 2.62. The molecule has 4 aromatic rings. The van der Waals surface area contributed by atoms with Gasteiger partial charge in [-0.2, -0.15) is 0 Å². The smallest absolute Gasteiger partial charge is 0.331 e. The summed E-state index contributed by atoms with van der Waals surface area (Å²) < 4.78 is 6.03. The molecule has 2 aliphatic rings. The van der Waals surface area contributed by atoms with Crippen molar-refractivity contribution in [3.05, 3.63) is 83.4 Å². The molecule has 3 N–H and O–H groups in total. The van der Waals surface area contributed by atoms with Crippen molar-refractivity contribution in [2.75, 3.05) is 30.9 Å². The van der Waals surface area contributed by atoms with Crippen molar-refractivity contribution in [2.45, 2.75) is 38.3 Å². The summed E-state index contributed by atoms with van der Waals surface area (Å²) in [5.74, 6) is 1.04. The van der Waals surface area contributed by atoms with Gasteiger partial charge in [0, 0.05) is 30.9 Å². The van der Waals surface area contributed by atoms with Gasteiger partial charge >= 0.3 is 6.03 Å². The first kappa shape index (κ1) is 29.3. The number of pyridine rings is 1. The number of carbonyl (C=O) groups is 3. The molecule has 0 spiro atoms. The van der Waals surface area contributed by atoms with Crippen molar-refractivity contribution >= 4 is 56.5 Å². The first-order valence-electron chi connectivity index (χ1n) is 14.6. The summed E-state index contributed by atoms with van der Waals surface area (Å²) in [7, 11) is 3.88. The van der Waals surface area contributed by atoms with Crippen LogP contribution in [0.1, 0.15) is 34.5 Å². The molecule has 6 rings (SSSR count). The van der Waals surface area contributed by atoms with Crippen LogP contribution in [0.15, 0.2) is 72.9 Å². The van der Waals surface area contributed by atoms with E-state index >= 15 is 0 Å². The first-order valence-corrected chi connectivity index (χ1v) is 15.4. The Kier molecular flexibility index (Phi) is 8.32. The molecule has 2 atom stereocenters. The van der Waals surface area contributed by atoms with E-state index in [1.165, 1.54) is 11.3 Å². The zero-order valence-corrected chi connectivity index (χ0v) is 25.6. The van der Waals surface area contributed by atoms with Gasteiger partial charge in [-0.15, -0.1) is 11.3 Å². The molecule has 2 aromatic carbocycles. The second-order valence-electron chi connectivity index (χ2n) is 11.3. The van der Waals surface area contributed by atoms with E-state index in [1.54, 1.807) is 23.2 Å². The van der Waals surface area contributed by atoms with Crippen LogP contribution >= 0.6 is 11.3 Å². The third kappa shape index (κ3) is 6.15. The predicted octanol–water partition coefficient (Wildman–Crippen LogP) is 5.97. The number of carbonyl (C=O) groups excluding carboxylic acids is 3. The molecule has 2 unspecified atom stereocenters. The van der Waals surface area contributed by atoms with Crippen LogP contribution in [0, 0.1) is 6.92 Å². The molecular weight excluding hydrogens is 576 g/mol. The molecular formula is C33H34N6O4S. The van der Waals surface area contributed by atoms with Crippen molar-refractivity contribution in [1.82, 2.24) is 20.5 Å². The van der Waals surface area contributed by atoms with Crippen molar-refractivity contribution in [3.63, 3.8) is 0 Å². The Hall–Kier alpha value is -4.74. The Morgan fingerprint density at radius 2 is 1.89 bits per heavy atom. The Labute approximate surface area is 259 Å². The molecule has 226 valence electrons. The highest BCUT2D eigenvalue weighted by Crippen LogP contribution is 2.46. The van der Waals surface area contributed by atoms with Gasteiger partial charge in [0.05, 0.1) is 22.4 Å². The summed E-state index contributed by atoms with van der Waals surface area (Å²) in [6.07, 6.45) is 7.21. The Morgan fingerprint density at radius 1 is 1.11 bits per heavy atom. The summed E-state index contributed by atoms with van der Waals surface area (Å²) in [6, 6.07) is 16.5. The lowest BCUT2D eigenvalue weighted by molar-refractivity contribution is -0.117. The number of amides is 4. The average molecular weight is 611 g/mol. The number of hydrogen-bond donors (Lipinski definition) is 3. The third-order valence-electron chi connectivity index (χ3n) is 7.69. The van der Waals surface area contributed by atoms with Crippen LogP contribution in [0.3, 0.4) is 0 Å². The van der Waals surface area contributed by atoms with Gasteiger partial charge in [-0.1, -0.05) is 24.3 Å². The molecule has 1 fully saturated rings. The number of aromatic nitrogens is 1. The topological polar surface area (TPSA) is 116 Å². The third-order valence-corrected chi connectivity index (χ3v) is 8.79. The zero-order valence-electron chi connectivity index (χ0n) is 24.8. The minimum Gasteiger partial charge on any atom is -0.457 e. The van der Waals surface area contributed by atoms with E-state index < -0.39 is 0 Å². The van der Waals surface area contributed by atoms with Crippen molar-refractivity contribution in [1.29, 1.82) is 0 Å². The molecule has 10 nitrogen and oxygen atoms in total. The number of anilines is 3. The number of urea groups is 1. The number of rotatable bonds is 9. The maximum atomic E-state index is 13.5. The van der Waals surface area contributed by atoms with E-state index in [4.69, 9.17) is 4.74 Å². The number of aryl methyl sites for hydroxylation is 1. The summed E-state index contributed by atoms with van der Waals surface area (Å²) in [5.41, 5.74) is 2.68. The first-order chi connectivity index (χ1) is 21.3. The van der Waals surface area contributed by atoms with Crippen LogP contribution in [0.5, 0.6) is 11.5 Å². The van der Waals surface area contributed by atoms with Gasteiger partial charge < -0.3 is 25.6 Å². The average Bonchev–Trinajstić information content (AvgIpc) is 3.59. The maximum absolute atomic E-state index is 13.5. The fourth-order valence-electron chi connectivity index (χ4n) is 5.62. The van der Waals surface area contributed by atoms with Gasteiger partial charge in [0.2, 0.25) is 5.91 Å². The lowest BCUT2D eigenvalue weighted by Crippen LogP contribution is -2.37. The molecule has 4 amide bonds. The van der Waals surface area contributed by atoms with Gasteiger partial charge in [-0.05, 0) is 82.2 Å². The minimum atomic E-state index is -0.362. The van der Waals surface area contributed by atoms with Gasteiger partial charge in [-0.3, -0.25) is 14.5 Å². The molecule has 1 aliphatic heterocycles. The Morgan fingerprint density at radius 3 is 2.64 bits per heavy atom. The second-order valence-corrected chi connectivity index (χ2v) is 12.3. The number of para-hydroxylation sites is 1. The Bertz CT molecular complexity index is 1750.